The quantitative estimate of drug-likeness (QED) is 0.639. The van der Waals surface area contributed by atoms with Gasteiger partial charge < -0.3 is 5.32 Å². The Bertz CT molecular complexity index is 470. The summed E-state index contributed by atoms with van der Waals surface area (Å²) in [5.74, 6) is 0.176. The van der Waals surface area contributed by atoms with Gasteiger partial charge in [-0.25, -0.2) is 9.78 Å². The average molecular weight is 280 g/mol. The van der Waals surface area contributed by atoms with Crippen LogP contribution in [0, 0.1) is 6.92 Å². The predicted octanol–water partition coefficient (Wildman–Crippen LogP) is 2.56. The van der Waals surface area contributed by atoms with Gasteiger partial charge in [0, 0.05) is 18.3 Å². The van der Waals surface area contributed by atoms with Gasteiger partial charge in [0.15, 0.2) is 0 Å². The predicted molar refractivity (Wildman–Crippen MR) is 80.0 cm³/mol. The van der Waals surface area contributed by atoms with Gasteiger partial charge in [-0.15, -0.1) is 0 Å². The fraction of sp³-hybridized carbons (Fsp3) is 0.643. The first-order valence-corrected chi connectivity index (χ1v) is 7.24. The van der Waals surface area contributed by atoms with Gasteiger partial charge in [-0.1, -0.05) is 39.0 Å². The minimum Gasteiger partial charge on any atom is -0.338 e. The molecule has 0 aromatic carbocycles. The van der Waals surface area contributed by atoms with Crippen molar-refractivity contribution < 1.29 is 4.79 Å². The number of urea groups is 1. The Morgan fingerprint density at radius 2 is 1.95 bits per heavy atom. The summed E-state index contributed by atoms with van der Waals surface area (Å²) >= 11 is 0. The van der Waals surface area contributed by atoms with Crippen LogP contribution in [0.25, 0.3) is 0 Å². The summed E-state index contributed by atoms with van der Waals surface area (Å²) in [6.45, 7) is 4.53. The van der Waals surface area contributed by atoms with E-state index in [1.165, 1.54) is 31.7 Å². The van der Waals surface area contributed by atoms with Crippen LogP contribution >= 0.6 is 0 Å². The maximum Gasteiger partial charge on any atom is 0.321 e. The fourth-order valence-electron chi connectivity index (χ4n) is 1.90. The van der Waals surface area contributed by atoms with E-state index in [-0.39, 0.29) is 17.5 Å². The van der Waals surface area contributed by atoms with Crippen LogP contribution in [-0.2, 0) is 0 Å². The molecule has 1 aromatic heterocycles. The van der Waals surface area contributed by atoms with Gasteiger partial charge in [0.25, 0.3) is 5.56 Å². The molecule has 6 nitrogen and oxygen atoms in total. The number of aromatic amines is 1. The van der Waals surface area contributed by atoms with Gasteiger partial charge in [-0.05, 0) is 13.3 Å². The summed E-state index contributed by atoms with van der Waals surface area (Å²) in [7, 11) is 0. The Kier molecular flexibility index (Phi) is 7.39. The molecule has 0 aliphatic rings. The van der Waals surface area contributed by atoms with E-state index in [9.17, 15) is 9.59 Å². The molecule has 0 radical (unpaired) electrons. The topological polar surface area (TPSA) is 86.9 Å². The molecule has 1 heterocycles. The monoisotopic (exact) mass is 280 g/mol. The number of rotatable bonds is 8. The SMILES string of the molecule is CCCCCCCCNC(=O)Nc1nc(C)cc(=O)[nH]1. The van der Waals surface area contributed by atoms with Crippen molar-refractivity contribution in [3.05, 3.63) is 22.1 Å². The highest BCUT2D eigenvalue weighted by Gasteiger charge is 2.03. The Morgan fingerprint density at radius 1 is 1.25 bits per heavy atom. The zero-order chi connectivity index (χ0) is 14.8. The van der Waals surface area contributed by atoms with Gasteiger partial charge in [-0.3, -0.25) is 15.1 Å². The summed E-state index contributed by atoms with van der Waals surface area (Å²) < 4.78 is 0. The molecule has 0 aliphatic carbocycles. The van der Waals surface area contributed by atoms with E-state index < -0.39 is 0 Å². The van der Waals surface area contributed by atoms with Crippen LogP contribution in [0.4, 0.5) is 10.7 Å². The summed E-state index contributed by atoms with van der Waals surface area (Å²) in [4.78, 5) is 29.3. The van der Waals surface area contributed by atoms with Gasteiger partial charge in [-0.2, -0.15) is 0 Å². The summed E-state index contributed by atoms with van der Waals surface area (Å²) in [5.41, 5.74) is 0.295. The lowest BCUT2D eigenvalue weighted by atomic mass is 10.1. The maximum absolute atomic E-state index is 11.6. The molecule has 0 unspecified atom stereocenters. The molecule has 1 rings (SSSR count). The first-order valence-electron chi connectivity index (χ1n) is 7.24. The van der Waals surface area contributed by atoms with Gasteiger partial charge >= 0.3 is 6.03 Å². The molecule has 0 saturated heterocycles. The average Bonchev–Trinajstić information content (AvgIpc) is 2.36. The van der Waals surface area contributed by atoms with Crippen LogP contribution in [0.1, 0.15) is 51.1 Å². The molecule has 0 aliphatic heterocycles. The molecule has 6 heteroatoms. The van der Waals surface area contributed by atoms with Gasteiger partial charge in [0.2, 0.25) is 5.95 Å². The first-order chi connectivity index (χ1) is 9.61. The minimum absolute atomic E-state index is 0.176. The number of nitrogens with one attached hydrogen (secondary N) is 3. The van der Waals surface area contributed by atoms with E-state index in [0.717, 1.165) is 12.8 Å². The second-order valence-corrected chi connectivity index (χ2v) is 4.88. The van der Waals surface area contributed by atoms with Crippen LogP contribution in [0.3, 0.4) is 0 Å². The van der Waals surface area contributed by atoms with Crippen LogP contribution in [0.5, 0.6) is 0 Å². The number of aromatic nitrogens is 2. The van der Waals surface area contributed by atoms with E-state index in [4.69, 9.17) is 0 Å². The molecule has 2 amide bonds. The largest absolute Gasteiger partial charge is 0.338 e. The Hall–Kier alpha value is -1.85. The third kappa shape index (κ3) is 6.92. The number of anilines is 1. The van der Waals surface area contributed by atoms with E-state index in [0.29, 0.717) is 12.2 Å². The second kappa shape index (κ2) is 9.12. The van der Waals surface area contributed by atoms with Crippen molar-refractivity contribution in [2.45, 2.75) is 52.4 Å². The molecule has 0 atom stereocenters. The lowest BCUT2D eigenvalue weighted by Crippen LogP contribution is -2.31. The highest BCUT2D eigenvalue weighted by atomic mass is 16.2. The van der Waals surface area contributed by atoms with Crippen LogP contribution in [-0.4, -0.2) is 22.5 Å². The minimum atomic E-state index is -0.340. The second-order valence-electron chi connectivity index (χ2n) is 4.88. The lowest BCUT2D eigenvalue weighted by molar-refractivity contribution is 0.251. The number of amides is 2. The maximum atomic E-state index is 11.6. The van der Waals surface area contributed by atoms with E-state index in [2.05, 4.69) is 27.5 Å². The van der Waals surface area contributed by atoms with Gasteiger partial charge in [0.05, 0.1) is 0 Å². The molecule has 1 aromatic rings. The molecule has 0 bridgehead atoms. The van der Waals surface area contributed by atoms with E-state index in [1.807, 2.05) is 0 Å². The fourth-order valence-corrected chi connectivity index (χ4v) is 1.90. The Labute approximate surface area is 119 Å². The number of unbranched alkanes of at least 4 members (excludes halogenated alkanes) is 5. The van der Waals surface area contributed by atoms with Crippen molar-refractivity contribution in [1.82, 2.24) is 15.3 Å². The zero-order valence-corrected chi connectivity index (χ0v) is 12.3. The molecule has 0 saturated carbocycles. The van der Waals surface area contributed by atoms with Crippen LogP contribution < -0.4 is 16.2 Å². The smallest absolute Gasteiger partial charge is 0.321 e. The third-order valence-corrected chi connectivity index (χ3v) is 2.92. The van der Waals surface area contributed by atoms with Crippen molar-refractivity contribution >= 4 is 12.0 Å². The third-order valence-electron chi connectivity index (χ3n) is 2.92. The summed E-state index contributed by atoms with van der Waals surface area (Å²) in [6, 6.07) is 1.03. The first kappa shape index (κ1) is 16.2. The standard InChI is InChI=1S/C14H24N4O2/c1-3-4-5-6-7-8-9-15-14(20)18-13-16-11(2)10-12(19)17-13/h10H,3-9H2,1-2H3,(H3,15,16,17,18,19,20). The summed E-state index contributed by atoms with van der Waals surface area (Å²) in [6.07, 6.45) is 7.08. The number of aryl methyl sites for hydroxylation is 1. The highest BCUT2D eigenvalue weighted by Crippen LogP contribution is 2.04. The van der Waals surface area contributed by atoms with Crippen molar-refractivity contribution in [1.29, 1.82) is 0 Å². The summed E-state index contributed by atoms with van der Waals surface area (Å²) in [5, 5.41) is 5.27. The normalized spacial score (nSPS) is 10.3. The van der Waals surface area contributed by atoms with Crippen molar-refractivity contribution in [3.63, 3.8) is 0 Å². The molecule has 3 N–H and O–H groups in total. The Morgan fingerprint density at radius 3 is 2.65 bits per heavy atom. The highest BCUT2D eigenvalue weighted by molar-refractivity contribution is 5.87. The van der Waals surface area contributed by atoms with Crippen molar-refractivity contribution in [2.75, 3.05) is 11.9 Å². The van der Waals surface area contributed by atoms with Gasteiger partial charge in [0.1, 0.15) is 0 Å². The molecule has 112 valence electrons. The van der Waals surface area contributed by atoms with Crippen LogP contribution in [0.15, 0.2) is 10.9 Å². The number of nitrogens with zero attached hydrogens (tertiary/aromatic N) is 1. The Balaban J connectivity index is 2.18. The lowest BCUT2D eigenvalue weighted by Gasteiger charge is -2.07. The van der Waals surface area contributed by atoms with E-state index in [1.54, 1.807) is 6.92 Å². The number of carbonyl (C=O) groups excluding carboxylic acids is 1. The number of carbonyl (C=O) groups is 1. The molecule has 20 heavy (non-hydrogen) atoms. The molecule has 0 spiro atoms. The van der Waals surface area contributed by atoms with Crippen molar-refractivity contribution in [2.24, 2.45) is 0 Å². The molecular formula is C14H24N4O2. The zero-order valence-electron chi connectivity index (χ0n) is 12.3. The van der Waals surface area contributed by atoms with Crippen LogP contribution in [0.2, 0.25) is 0 Å². The van der Waals surface area contributed by atoms with Crippen molar-refractivity contribution in [3.8, 4) is 0 Å². The number of hydrogen-bond donors (Lipinski definition) is 3. The van der Waals surface area contributed by atoms with E-state index >= 15 is 0 Å². The molecule has 0 fully saturated rings. The molecular weight excluding hydrogens is 256 g/mol. The number of hydrogen-bond acceptors (Lipinski definition) is 3. The number of H-pyrrole nitrogens is 1.